The lowest BCUT2D eigenvalue weighted by atomic mass is 10.3. The Labute approximate surface area is 131 Å². The van der Waals surface area contributed by atoms with Gasteiger partial charge in [0, 0.05) is 12.6 Å². The Morgan fingerprint density at radius 1 is 1.27 bits per heavy atom. The van der Waals surface area contributed by atoms with Crippen LogP contribution in [0.1, 0.15) is 20.8 Å². The van der Waals surface area contributed by atoms with Gasteiger partial charge in [-0.25, -0.2) is 13.1 Å². The molecule has 0 aliphatic rings. The van der Waals surface area contributed by atoms with Crippen LogP contribution >= 0.6 is 0 Å². The van der Waals surface area contributed by atoms with Crippen molar-refractivity contribution < 1.29 is 17.9 Å². The van der Waals surface area contributed by atoms with Crippen molar-refractivity contribution in [1.82, 2.24) is 10.0 Å². The lowest BCUT2D eigenvalue weighted by Crippen LogP contribution is -2.40. The summed E-state index contributed by atoms with van der Waals surface area (Å²) < 4.78 is 31.6. The summed E-state index contributed by atoms with van der Waals surface area (Å²) in [6.45, 7) is 8.97. The number of hydrogen-bond donors (Lipinski definition) is 2. The van der Waals surface area contributed by atoms with Crippen molar-refractivity contribution in [3.63, 3.8) is 0 Å². The molecule has 0 saturated carbocycles. The summed E-state index contributed by atoms with van der Waals surface area (Å²) >= 11 is 0. The second-order valence-electron chi connectivity index (χ2n) is 5.04. The molecule has 7 heteroatoms. The number of ether oxygens (including phenoxy) is 1. The van der Waals surface area contributed by atoms with Crippen molar-refractivity contribution in [2.75, 3.05) is 6.54 Å². The van der Waals surface area contributed by atoms with E-state index in [9.17, 15) is 13.2 Å². The van der Waals surface area contributed by atoms with Crippen LogP contribution in [0.15, 0.2) is 41.8 Å². The van der Waals surface area contributed by atoms with Gasteiger partial charge in [-0.2, -0.15) is 0 Å². The molecule has 0 aliphatic heterocycles. The fourth-order valence-corrected chi connectivity index (χ4v) is 2.61. The standard InChI is InChI=1S/C15H22N2O4S/c1-5-10-16-22(19,20)14-8-6-13(7-9-14)21-12(4)15(18)17-11(2)3/h5-9,11-12,16H,1,10H2,2-4H3,(H,17,18). The van der Waals surface area contributed by atoms with E-state index in [1.807, 2.05) is 13.8 Å². The molecular formula is C15H22N2O4S. The highest BCUT2D eigenvalue weighted by Gasteiger charge is 2.16. The summed E-state index contributed by atoms with van der Waals surface area (Å²) in [6, 6.07) is 5.91. The van der Waals surface area contributed by atoms with Crippen molar-refractivity contribution >= 4 is 15.9 Å². The fraction of sp³-hybridized carbons (Fsp3) is 0.400. The van der Waals surface area contributed by atoms with Crippen molar-refractivity contribution in [2.45, 2.75) is 37.8 Å². The zero-order chi connectivity index (χ0) is 16.8. The van der Waals surface area contributed by atoms with Gasteiger partial charge in [0.25, 0.3) is 5.91 Å². The minimum Gasteiger partial charge on any atom is -0.481 e. The Kier molecular flexibility index (Phi) is 6.58. The smallest absolute Gasteiger partial charge is 0.260 e. The third-order valence-electron chi connectivity index (χ3n) is 2.66. The molecule has 0 saturated heterocycles. The zero-order valence-electron chi connectivity index (χ0n) is 13.0. The van der Waals surface area contributed by atoms with E-state index in [2.05, 4.69) is 16.6 Å². The van der Waals surface area contributed by atoms with Crippen molar-refractivity contribution in [3.8, 4) is 5.75 Å². The number of nitrogens with one attached hydrogen (secondary N) is 2. The van der Waals surface area contributed by atoms with E-state index in [1.54, 1.807) is 6.92 Å². The number of carbonyl (C=O) groups excluding carboxylic acids is 1. The third kappa shape index (κ3) is 5.50. The first kappa shape index (κ1) is 18.2. The summed E-state index contributed by atoms with van der Waals surface area (Å²) in [5, 5.41) is 2.74. The molecule has 0 spiro atoms. The van der Waals surface area contributed by atoms with Crippen molar-refractivity contribution in [3.05, 3.63) is 36.9 Å². The second kappa shape index (κ2) is 7.95. The van der Waals surface area contributed by atoms with Gasteiger partial charge in [-0.15, -0.1) is 6.58 Å². The van der Waals surface area contributed by atoms with Gasteiger partial charge < -0.3 is 10.1 Å². The molecule has 0 aliphatic carbocycles. The van der Waals surface area contributed by atoms with Gasteiger partial charge in [0.1, 0.15) is 5.75 Å². The van der Waals surface area contributed by atoms with Gasteiger partial charge >= 0.3 is 0 Å². The predicted octanol–water partition coefficient (Wildman–Crippen LogP) is 1.44. The fourth-order valence-electron chi connectivity index (χ4n) is 1.61. The first-order valence-corrected chi connectivity index (χ1v) is 8.42. The highest BCUT2D eigenvalue weighted by molar-refractivity contribution is 7.89. The molecule has 2 N–H and O–H groups in total. The van der Waals surface area contributed by atoms with E-state index in [-0.39, 0.29) is 23.4 Å². The summed E-state index contributed by atoms with van der Waals surface area (Å²) in [5.41, 5.74) is 0. The third-order valence-corrected chi connectivity index (χ3v) is 4.10. The van der Waals surface area contributed by atoms with Gasteiger partial charge in [0.2, 0.25) is 10.0 Å². The number of carbonyl (C=O) groups is 1. The highest BCUT2D eigenvalue weighted by Crippen LogP contribution is 2.17. The summed E-state index contributed by atoms with van der Waals surface area (Å²) in [4.78, 5) is 11.9. The van der Waals surface area contributed by atoms with Crippen molar-refractivity contribution in [2.24, 2.45) is 0 Å². The average Bonchev–Trinajstić information content (AvgIpc) is 2.45. The van der Waals surface area contributed by atoms with Crippen LogP contribution in [0.4, 0.5) is 0 Å². The molecule has 0 heterocycles. The molecule has 0 aromatic heterocycles. The van der Waals surface area contributed by atoms with Crippen LogP contribution in [0.5, 0.6) is 5.75 Å². The largest absolute Gasteiger partial charge is 0.481 e. The summed E-state index contributed by atoms with van der Waals surface area (Å²) in [5.74, 6) is 0.202. The average molecular weight is 326 g/mol. The van der Waals surface area contributed by atoms with E-state index < -0.39 is 16.1 Å². The lowest BCUT2D eigenvalue weighted by molar-refractivity contribution is -0.127. The molecule has 1 aromatic rings. The molecule has 0 radical (unpaired) electrons. The molecule has 0 fully saturated rings. The zero-order valence-corrected chi connectivity index (χ0v) is 13.8. The first-order chi connectivity index (χ1) is 10.3. The van der Waals surface area contributed by atoms with E-state index in [4.69, 9.17) is 4.74 Å². The molecule has 122 valence electrons. The Morgan fingerprint density at radius 2 is 1.86 bits per heavy atom. The summed E-state index contributed by atoms with van der Waals surface area (Å²) in [6.07, 6.45) is 0.799. The molecule has 1 aromatic carbocycles. The maximum Gasteiger partial charge on any atom is 0.260 e. The Morgan fingerprint density at radius 3 is 2.36 bits per heavy atom. The number of hydrogen-bond acceptors (Lipinski definition) is 4. The molecular weight excluding hydrogens is 304 g/mol. The van der Waals surface area contributed by atoms with E-state index >= 15 is 0 Å². The SMILES string of the molecule is C=CCNS(=O)(=O)c1ccc(OC(C)C(=O)NC(C)C)cc1. The van der Waals surface area contributed by atoms with Gasteiger partial charge in [-0.05, 0) is 45.0 Å². The number of sulfonamides is 1. The molecule has 1 atom stereocenters. The predicted molar refractivity (Wildman–Crippen MR) is 85.2 cm³/mol. The van der Waals surface area contributed by atoms with Crippen LogP contribution in [0.25, 0.3) is 0 Å². The molecule has 6 nitrogen and oxygen atoms in total. The van der Waals surface area contributed by atoms with E-state index in [1.165, 1.54) is 30.3 Å². The quantitative estimate of drug-likeness (QED) is 0.708. The number of amides is 1. The molecule has 1 amide bonds. The van der Waals surface area contributed by atoms with E-state index in [0.717, 1.165) is 0 Å². The number of rotatable bonds is 8. The van der Waals surface area contributed by atoms with Crippen LogP contribution in [-0.4, -0.2) is 33.0 Å². The molecule has 1 rings (SSSR count). The Hall–Kier alpha value is -1.86. The monoisotopic (exact) mass is 326 g/mol. The van der Waals surface area contributed by atoms with Crippen LogP contribution in [0, 0.1) is 0 Å². The van der Waals surface area contributed by atoms with Gasteiger partial charge in [0.15, 0.2) is 6.10 Å². The maximum absolute atomic E-state index is 11.9. The minimum atomic E-state index is -3.56. The van der Waals surface area contributed by atoms with Gasteiger partial charge in [-0.3, -0.25) is 4.79 Å². The normalized spacial score (nSPS) is 12.7. The van der Waals surface area contributed by atoms with E-state index in [0.29, 0.717) is 5.75 Å². The maximum atomic E-state index is 11.9. The first-order valence-electron chi connectivity index (χ1n) is 6.94. The molecule has 0 bridgehead atoms. The van der Waals surface area contributed by atoms with Crippen molar-refractivity contribution in [1.29, 1.82) is 0 Å². The van der Waals surface area contributed by atoms with Crippen LogP contribution in [0.2, 0.25) is 0 Å². The Balaban J connectivity index is 2.73. The topological polar surface area (TPSA) is 84.5 Å². The molecule has 1 unspecified atom stereocenters. The van der Waals surface area contributed by atoms with Gasteiger partial charge in [-0.1, -0.05) is 6.08 Å². The lowest BCUT2D eigenvalue weighted by Gasteiger charge is -2.16. The van der Waals surface area contributed by atoms with Crippen LogP contribution in [0.3, 0.4) is 0 Å². The molecule has 22 heavy (non-hydrogen) atoms. The van der Waals surface area contributed by atoms with Crippen LogP contribution < -0.4 is 14.8 Å². The highest BCUT2D eigenvalue weighted by atomic mass is 32.2. The minimum absolute atomic E-state index is 0.0296. The number of benzene rings is 1. The van der Waals surface area contributed by atoms with Gasteiger partial charge in [0.05, 0.1) is 4.90 Å². The van der Waals surface area contributed by atoms with Crippen LogP contribution in [-0.2, 0) is 14.8 Å². The summed E-state index contributed by atoms with van der Waals surface area (Å²) in [7, 11) is -3.56. The second-order valence-corrected chi connectivity index (χ2v) is 6.80. The Bertz CT molecular complexity index is 609.